The third-order valence-electron chi connectivity index (χ3n) is 2.04. The molecule has 0 aromatic carbocycles. The zero-order chi connectivity index (χ0) is 12.8. The molecule has 0 aliphatic carbocycles. The summed E-state index contributed by atoms with van der Waals surface area (Å²) in [5.41, 5.74) is -2.22. The van der Waals surface area contributed by atoms with E-state index in [2.05, 4.69) is 0 Å². The summed E-state index contributed by atoms with van der Waals surface area (Å²) in [5, 5.41) is 27.1. The highest BCUT2D eigenvalue weighted by molar-refractivity contribution is 7.86. The van der Waals surface area contributed by atoms with Crippen molar-refractivity contribution in [3.63, 3.8) is 0 Å². The van der Waals surface area contributed by atoms with Crippen molar-refractivity contribution in [2.24, 2.45) is 0 Å². The van der Waals surface area contributed by atoms with Crippen LogP contribution < -0.4 is 0 Å². The minimum atomic E-state index is -4.66. The van der Waals surface area contributed by atoms with Crippen LogP contribution >= 0.6 is 0 Å². The molecule has 0 aromatic heterocycles. The third kappa shape index (κ3) is 5.73. The van der Waals surface area contributed by atoms with Gasteiger partial charge in [0.1, 0.15) is 6.10 Å². The lowest BCUT2D eigenvalue weighted by Gasteiger charge is -2.25. The van der Waals surface area contributed by atoms with Crippen molar-refractivity contribution < 1.29 is 28.3 Å². The van der Waals surface area contributed by atoms with Crippen LogP contribution in [0.15, 0.2) is 0 Å². The van der Waals surface area contributed by atoms with Gasteiger partial charge < -0.3 is 15.3 Å². The van der Waals surface area contributed by atoms with E-state index in [1.54, 1.807) is 4.90 Å². The lowest BCUT2D eigenvalue weighted by molar-refractivity contribution is 0.0298. The first-order valence-electron chi connectivity index (χ1n) is 4.98. The molecule has 0 bridgehead atoms. The van der Waals surface area contributed by atoms with Crippen LogP contribution in [0.5, 0.6) is 0 Å². The van der Waals surface area contributed by atoms with E-state index in [0.29, 0.717) is 6.54 Å². The summed E-state index contributed by atoms with van der Waals surface area (Å²) < 4.78 is 29.6. The van der Waals surface area contributed by atoms with Gasteiger partial charge in [0.15, 0.2) is 0 Å². The second-order valence-corrected chi connectivity index (χ2v) is 5.01. The van der Waals surface area contributed by atoms with Crippen molar-refractivity contribution in [1.29, 1.82) is 0 Å². The Hall–Kier alpha value is -0.250. The molecule has 0 heterocycles. The van der Waals surface area contributed by atoms with Gasteiger partial charge in [-0.15, -0.1) is 0 Å². The van der Waals surface area contributed by atoms with Crippen LogP contribution in [0.3, 0.4) is 0 Å². The standard InChI is InChI=1S/C8H19NO6S/c1-2-3-9(4-5-10)6-7(11)8(12)16(13,14)15/h7-8,10-12H,2-6H2,1H3,(H,13,14,15). The second-order valence-electron chi connectivity index (χ2n) is 3.50. The molecule has 7 nitrogen and oxygen atoms in total. The van der Waals surface area contributed by atoms with Gasteiger partial charge in [-0.05, 0) is 13.0 Å². The molecule has 4 N–H and O–H groups in total. The van der Waals surface area contributed by atoms with Gasteiger partial charge >= 0.3 is 0 Å². The molecule has 0 rings (SSSR count). The van der Waals surface area contributed by atoms with Crippen molar-refractivity contribution in [2.45, 2.75) is 24.9 Å². The van der Waals surface area contributed by atoms with E-state index >= 15 is 0 Å². The number of rotatable bonds is 8. The van der Waals surface area contributed by atoms with Crippen LogP contribution in [0, 0.1) is 0 Å². The van der Waals surface area contributed by atoms with Crippen LogP contribution in [0.1, 0.15) is 13.3 Å². The van der Waals surface area contributed by atoms with Crippen LogP contribution in [-0.4, -0.2) is 71.0 Å². The normalized spacial score (nSPS) is 16.4. The minimum absolute atomic E-state index is 0.130. The predicted octanol–water partition coefficient (Wildman–Crippen LogP) is -1.74. The maximum atomic E-state index is 10.5. The first-order valence-corrected chi connectivity index (χ1v) is 6.48. The number of aliphatic hydroxyl groups excluding tert-OH is 3. The fourth-order valence-corrected chi connectivity index (χ4v) is 1.79. The maximum Gasteiger partial charge on any atom is 0.294 e. The number of nitrogens with zero attached hydrogens (tertiary/aromatic N) is 1. The van der Waals surface area contributed by atoms with Crippen molar-refractivity contribution in [3.8, 4) is 0 Å². The Morgan fingerprint density at radius 1 is 1.25 bits per heavy atom. The maximum absolute atomic E-state index is 10.5. The van der Waals surface area contributed by atoms with E-state index in [4.69, 9.17) is 14.8 Å². The van der Waals surface area contributed by atoms with E-state index in [0.717, 1.165) is 6.42 Å². The van der Waals surface area contributed by atoms with Gasteiger partial charge in [-0.3, -0.25) is 9.45 Å². The van der Waals surface area contributed by atoms with E-state index in [9.17, 15) is 13.5 Å². The molecule has 0 radical (unpaired) electrons. The number of aliphatic hydroxyl groups is 3. The molecule has 98 valence electrons. The lowest BCUT2D eigenvalue weighted by Crippen LogP contribution is -2.43. The number of hydrogen-bond acceptors (Lipinski definition) is 6. The van der Waals surface area contributed by atoms with Crippen molar-refractivity contribution in [1.82, 2.24) is 4.90 Å². The van der Waals surface area contributed by atoms with E-state index in [-0.39, 0.29) is 19.7 Å². The summed E-state index contributed by atoms with van der Waals surface area (Å²) in [6.45, 7) is 2.44. The van der Waals surface area contributed by atoms with Gasteiger partial charge in [0, 0.05) is 13.1 Å². The SMILES string of the molecule is CCCN(CCO)CC(O)C(O)S(=O)(=O)O. The molecule has 2 atom stereocenters. The Morgan fingerprint density at radius 3 is 2.19 bits per heavy atom. The summed E-state index contributed by atoms with van der Waals surface area (Å²) in [4.78, 5) is 1.60. The highest BCUT2D eigenvalue weighted by Gasteiger charge is 2.29. The molecule has 0 aliphatic heterocycles. The smallest absolute Gasteiger partial charge is 0.294 e. The van der Waals surface area contributed by atoms with Crippen molar-refractivity contribution in [3.05, 3.63) is 0 Å². The summed E-state index contributed by atoms with van der Waals surface area (Å²) >= 11 is 0. The zero-order valence-electron chi connectivity index (χ0n) is 9.15. The first kappa shape index (κ1) is 15.8. The largest absolute Gasteiger partial charge is 0.395 e. The highest BCUT2D eigenvalue weighted by atomic mass is 32.2. The zero-order valence-corrected chi connectivity index (χ0v) is 9.97. The molecule has 0 saturated carbocycles. The van der Waals surface area contributed by atoms with E-state index in [1.807, 2.05) is 6.92 Å². The Morgan fingerprint density at radius 2 is 1.81 bits per heavy atom. The lowest BCUT2D eigenvalue weighted by atomic mass is 10.3. The number of hydrogen-bond donors (Lipinski definition) is 4. The van der Waals surface area contributed by atoms with Crippen LogP contribution in [0.4, 0.5) is 0 Å². The minimum Gasteiger partial charge on any atom is -0.395 e. The van der Waals surface area contributed by atoms with E-state index < -0.39 is 21.7 Å². The molecular formula is C8H19NO6S. The predicted molar refractivity (Wildman–Crippen MR) is 57.4 cm³/mol. The summed E-state index contributed by atoms with van der Waals surface area (Å²) in [7, 11) is -4.66. The Labute approximate surface area is 95.1 Å². The molecule has 0 spiro atoms. The van der Waals surface area contributed by atoms with Gasteiger partial charge in [0.05, 0.1) is 6.61 Å². The fourth-order valence-electron chi connectivity index (χ4n) is 1.31. The van der Waals surface area contributed by atoms with Crippen molar-refractivity contribution >= 4 is 10.1 Å². The average molecular weight is 257 g/mol. The quantitative estimate of drug-likeness (QED) is 0.381. The van der Waals surface area contributed by atoms with E-state index in [1.165, 1.54) is 0 Å². The fraction of sp³-hybridized carbons (Fsp3) is 1.00. The van der Waals surface area contributed by atoms with Crippen LogP contribution in [-0.2, 0) is 10.1 Å². The van der Waals surface area contributed by atoms with Gasteiger partial charge in [-0.1, -0.05) is 6.92 Å². The molecule has 0 aliphatic rings. The monoisotopic (exact) mass is 257 g/mol. The summed E-state index contributed by atoms with van der Waals surface area (Å²) in [5.74, 6) is 0. The molecule has 0 amide bonds. The first-order chi connectivity index (χ1) is 7.32. The molecule has 16 heavy (non-hydrogen) atoms. The summed E-state index contributed by atoms with van der Waals surface area (Å²) in [6.07, 6.45) is -0.845. The van der Waals surface area contributed by atoms with Gasteiger partial charge in [0.25, 0.3) is 10.1 Å². The molecule has 0 aromatic rings. The Balaban J connectivity index is 4.33. The molecule has 2 unspecified atom stereocenters. The van der Waals surface area contributed by atoms with Gasteiger partial charge in [-0.25, -0.2) is 0 Å². The van der Waals surface area contributed by atoms with Crippen LogP contribution in [0.2, 0.25) is 0 Å². The Kier molecular flexibility index (Phi) is 7.04. The molecular weight excluding hydrogens is 238 g/mol. The second kappa shape index (κ2) is 7.15. The summed E-state index contributed by atoms with van der Waals surface area (Å²) in [6, 6.07) is 0. The molecule has 8 heteroatoms. The third-order valence-corrected chi connectivity index (χ3v) is 2.96. The van der Waals surface area contributed by atoms with Gasteiger partial charge in [-0.2, -0.15) is 8.42 Å². The molecule has 0 saturated heterocycles. The van der Waals surface area contributed by atoms with Crippen molar-refractivity contribution in [2.75, 3.05) is 26.2 Å². The topological polar surface area (TPSA) is 118 Å². The van der Waals surface area contributed by atoms with Gasteiger partial charge in [0.2, 0.25) is 5.44 Å². The van der Waals surface area contributed by atoms with Crippen LogP contribution in [0.25, 0.3) is 0 Å². The average Bonchev–Trinajstić information content (AvgIpc) is 2.15. The molecule has 0 fully saturated rings. The Bertz CT molecular complexity index is 274. The highest BCUT2D eigenvalue weighted by Crippen LogP contribution is 2.04.